The first-order valence-electron chi connectivity index (χ1n) is 19.6. The Labute approximate surface area is 357 Å². The van der Waals surface area contributed by atoms with Gasteiger partial charge in [-0.15, -0.1) is 0 Å². The highest BCUT2D eigenvalue weighted by Gasteiger charge is 2.30. The quantitative estimate of drug-likeness (QED) is 0.0449. The van der Waals surface area contributed by atoms with Gasteiger partial charge in [-0.25, -0.2) is 8.78 Å². The smallest absolute Gasteiger partial charge is 0.316 e. The predicted octanol–water partition coefficient (Wildman–Crippen LogP) is 3.92. The van der Waals surface area contributed by atoms with E-state index < -0.39 is 23.2 Å². The second kappa shape index (κ2) is 32.4. The summed E-state index contributed by atoms with van der Waals surface area (Å²) in [5, 5.41) is 22.0. The van der Waals surface area contributed by atoms with Crippen molar-refractivity contribution in [2.45, 2.75) is 86.6 Å². The van der Waals surface area contributed by atoms with Gasteiger partial charge in [0.05, 0.1) is 45.1 Å². The second-order valence-corrected chi connectivity index (χ2v) is 16.1. The maximum absolute atomic E-state index is 14.0. The number of amides is 3. The van der Waals surface area contributed by atoms with Crippen LogP contribution in [0, 0.1) is 22.5 Å². The van der Waals surface area contributed by atoms with Crippen molar-refractivity contribution in [3.63, 3.8) is 0 Å². The zero-order valence-electron chi connectivity index (χ0n) is 36.2. The minimum atomic E-state index is -1.18. The van der Waals surface area contributed by atoms with Crippen LogP contribution in [0.25, 0.3) is 11.1 Å². The summed E-state index contributed by atoms with van der Waals surface area (Å²) in [7, 11) is 0. The normalized spacial score (nSPS) is 11.7. The number of aldehydes is 1. The summed E-state index contributed by atoms with van der Waals surface area (Å²) < 4.78 is 39.7. The standard InChI is InChI=1S/C18H23F2N.C9H19N3O4.C8H16N2O3S.C6H10O3/c1-12(2)21-11-13(8-15(21)10-18(3,4)5)16-9-14(19)6-7-17(16)20;10-7-9(14)12-2-4-16-6-5-15-3-1-8(11)13;9-3-1-4-10-7(11)6-14-5-2-8(12)13;1-3-6(2,4-7)5(8)9/h6-9,11-12H,10H2,1-5H3;1-7,10H2,(H2,11,13)(H,12,14);1-6,9H2,(H,10,11)(H,12,13);4H,3H2,1-2H3,(H,8,9). The number of ether oxygens (including phenoxy) is 2. The van der Waals surface area contributed by atoms with Crippen molar-refractivity contribution in [1.82, 2.24) is 15.2 Å². The summed E-state index contributed by atoms with van der Waals surface area (Å²) in [5.74, 6) is -2.56. The van der Waals surface area contributed by atoms with Gasteiger partial charge in [-0.3, -0.25) is 24.0 Å². The van der Waals surface area contributed by atoms with Crippen LogP contribution in [0.4, 0.5) is 8.78 Å². The van der Waals surface area contributed by atoms with Crippen LogP contribution in [0.5, 0.6) is 0 Å². The van der Waals surface area contributed by atoms with Gasteiger partial charge in [0.15, 0.2) is 0 Å². The van der Waals surface area contributed by atoms with E-state index in [4.69, 9.17) is 36.9 Å². The monoisotopic (exact) mass is 874 g/mol. The van der Waals surface area contributed by atoms with Gasteiger partial charge in [0.1, 0.15) is 23.3 Å². The minimum Gasteiger partial charge on any atom is -0.481 e. The van der Waals surface area contributed by atoms with Crippen LogP contribution in [-0.4, -0.2) is 115 Å². The van der Waals surface area contributed by atoms with Crippen LogP contribution >= 0.6 is 11.8 Å². The fourth-order valence-corrected chi connectivity index (χ4v) is 5.13. The highest BCUT2D eigenvalue weighted by molar-refractivity contribution is 7.99. The van der Waals surface area contributed by atoms with E-state index in [-0.39, 0.29) is 54.4 Å². The lowest BCUT2D eigenvalue weighted by Crippen LogP contribution is -2.32. The van der Waals surface area contributed by atoms with E-state index in [9.17, 15) is 37.5 Å². The maximum Gasteiger partial charge on any atom is 0.316 e. The first-order valence-corrected chi connectivity index (χ1v) is 20.7. The molecule has 0 aliphatic heterocycles. The summed E-state index contributed by atoms with van der Waals surface area (Å²) in [6.45, 7) is 16.9. The van der Waals surface area contributed by atoms with Crippen molar-refractivity contribution in [2.24, 2.45) is 28.0 Å². The number of carboxylic acid groups (broad SMARTS) is 2. The fraction of sp³-hybridized carbons (Fsp3) is 0.610. The van der Waals surface area contributed by atoms with Crippen LogP contribution in [0.3, 0.4) is 0 Å². The molecule has 0 saturated heterocycles. The van der Waals surface area contributed by atoms with Gasteiger partial charge >= 0.3 is 11.9 Å². The summed E-state index contributed by atoms with van der Waals surface area (Å²) in [5.41, 5.74) is 16.4. The van der Waals surface area contributed by atoms with E-state index in [0.717, 1.165) is 30.2 Å². The van der Waals surface area contributed by atoms with Crippen LogP contribution in [-0.2, 0) is 44.7 Å². The van der Waals surface area contributed by atoms with Crippen LogP contribution in [0.1, 0.15) is 85.9 Å². The minimum absolute atomic E-state index is 0.0176. The molecule has 0 saturated carbocycles. The number of benzene rings is 1. The number of hydrogen-bond acceptors (Lipinski definition) is 11. The number of carbonyl (C=O) groups is 6. The van der Waals surface area contributed by atoms with Gasteiger partial charge in [0, 0.05) is 54.3 Å². The number of rotatable bonds is 24. The zero-order chi connectivity index (χ0) is 46.3. The Hall–Kier alpha value is -4.43. The largest absolute Gasteiger partial charge is 0.481 e. The Morgan fingerprint density at radius 3 is 2.02 bits per heavy atom. The van der Waals surface area contributed by atoms with Crippen LogP contribution < -0.4 is 27.8 Å². The molecule has 2 aromatic rings. The summed E-state index contributed by atoms with van der Waals surface area (Å²) in [6, 6.07) is 5.85. The van der Waals surface area contributed by atoms with Gasteiger partial charge < -0.3 is 56.9 Å². The lowest BCUT2D eigenvalue weighted by atomic mass is 9.90. The Kier molecular flexibility index (Phi) is 31.1. The van der Waals surface area contributed by atoms with E-state index in [1.807, 2.05) is 12.3 Å². The molecule has 16 nitrogen and oxygen atoms in total. The number of primary amides is 1. The lowest BCUT2D eigenvalue weighted by molar-refractivity contribution is -0.150. The second-order valence-electron chi connectivity index (χ2n) is 15.0. The molecule has 342 valence electrons. The first-order chi connectivity index (χ1) is 28.1. The van der Waals surface area contributed by atoms with E-state index in [1.165, 1.54) is 30.8 Å². The highest BCUT2D eigenvalue weighted by atomic mass is 32.2. The van der Waals surface area contributed by atoms with Crippen molar-refractivity contribution in [1.29, 1.82) is 0 Å². The van der Waals surface area contributed by atoms with Crippen LogP contribution in [0.15, 0.2) is 30.5 Å². The first kappa shape index (κ1) is 57.7. The Morgan fingerprint density at radius 1 is 0.917 bits per heavy atom. The average molecular weight is 875 g/mol. The number of halogens is 2. The fourth-order valence-electron chi connectivity index (χ4n) is 4.38. The number of nitrogens with one attached hydrogen (secondary N) is 2. The Bertz CT molecular complexity index is 1590. The van der Waals surface area contributed by atoms with E-state index >= 15 is 0 Å². The van der Waals surface area contributed by atoms with Gasteiger partial charge in [0.2, 0.25) is 17.7 Å². The molecule has 19 heteroatoms. The number of thioether (sulfide) groups is 1. The van der Waals surface area contributed by atoms with Crippen molar-refractivity contribution in [2.75, 3.05) is 64.1 Å². The van der Waals surface area contributed by atoms with Gasteiger partial charge in [-0.2, -0.15) is 11.8 Å². The zero-order valence-corrected chi connectivity index (χ0v) is 37.0. The van der Waals surface area contributed by atoms with Crippen molar-refractivity contribution in [3.8, 4) is 11.1 Å². The Balaban J connectivity index is 0. The van der Waals surface area contributed by atoms with Gasteiger partial charge in [-0.1, -0.05) is 27.7 Å². The lowest BCUT2D eigenvalue weighted by Gasteiger charge is -2.21. The molecule has 0 bridgehead atoms. The predicted molar refractivity (Wildman–Crippen MR) is 229 cm³/mol. The molecule has 1 heterocycles. The molecular weight excluding hydrogens is 807 g/mol. The molecule has 10 N–H and O–H groups in total. The number of carboxylic acids is 2. The van der Waals surface area contributed by atoms with Crippen molar-refractivity contribution >= 4 is 47.7 Å². The third kappa shape index (κ3) is 28.9. The van der Waals surface area contributed by atoms with E-state index in [1.54, 1.807) is 6.92 Å². The van der Waals surface area contributed by atoms with Gasteiger partial charge in [-0.05, 0) is 76.3 Å². The molecule has 0 aliphatic carbocycles. The molecule has 1 aromatic heterocycles. The summed E-state index contributed by atoms with van der Waals surface area (Å²) in [4.78, 5) is 62.6. The number of hydrogen-bond donors (Lipinski definition) is 7. The third-order valence-corrected chi connectivity index (χ3v) is 8.90. The van der Waals surface area contributed by atoms with Crippen LogP contribution in [0.2, 0.25) is 0 Å². The number of nitrogens with zero attached hydrogens (tertiary/aromatic N) is 1. The Morgan fingerprint density at radius 2 is 1.53 bits per heavy atom. The third-order valence-electron chi connectivity index (χ3n) is 7.94. The molecule has 0 radical (unpaired) electrons. The topological polar surface area (TPSA) is 268 Å². The SMILES string of the molecule is CC(C)n1cc(-c2cc(F)ccc2F)cc1CC(C)(C)C.CCC(C)(C=O)C(=O)O.NCC(=O)NCCOCCOCCC(N)=O.NCCCNC(=O)CSCCC(=O)O. The van der Waals surface area contributed by atoms with Gasteiger partial charge in [0.25, 0.3) is 0 Å². The number of carbonyl (C=O) groups excluding carboxylic acids is 4. The summed E-state index contributed by atoms with van der Waals surface area (Å²) >= 11 is 1.32. The maximum atomic E-state index is 14.0. The number of aliphatic carboxylic acids is 2. The molecule has 60 heavy (non-hydrogen) atoms. The highest BCUT2D eigenvalue weighted by Crippen LogP contribution is 2.31. The summed E-state index contributed by atoms with van der Waals surface area (Å²) in [6.07, 6.45) is 4.70. The van der Waals surface area contributed by atoms with E-state index in [2.05, 4.69) is 49.8 Å². The molecule has 3 amide bonds. The molecule has 1 aromatic carbocycles. The molecule has 2 rings (SSSR count). The van der Waals surface area contributed by atoms with Crippen molar-refractivity contribution in [3.05, 3.63) is 47.8 Å². The molecule has 0 fully saturated rings. The number of nitrogens with two attached hydrogens (primary N) is 3. The molecule has 1 unspecified atom stereocenters. The molecule has 0 aliphatic rings. The van der Waals surface area contributed by atoms with Crippen molar-refractivity contribution < 1.29 is 57.2 Å². The molecule has 1 atom stereocenters. The number of aromatic nitrogens is 1. The average Bonchev–Trinajstić information content (AvgIpc) is 3.59. The van der Waals surface area contributed by atoms with E-state index in [0.29, 0.717) is 75.8 Å². The molecular formula is C41H68F2N6O10S. The molecule has 0 spiro atoms.